The number of carboxylic acids is 2. The fourth-order valence-electron chi connectivity index (χ4n) is 4.59. The Bertz CT molecular complexity index is 588. The molecule has 0 spiro atoms. The molecule has 2 saturated carbocycles. The first kappa shape index (κ1) is 15.0. The second kappa shape index (κ2) is 5.39. The third kappa shape index (κ3) is 2.20. The number of aliphatic carboxylic acids is 2. The van der Waals surface area contributed by atoms with Crippen LogP contribution in [0.1, 0.15) is 24.8 Å². The van der Waals surface area contributed by atoms with Gasteiger partial charge in [-0.15, -0.1) is 0 Å². The van der Waals surface area contributed by atoms with Gasteiger partial charge in [0, 0.05) is 0 Å². The van der Waals surface area contributed by atoms with E-state index < -0.39 is 23.4 Å². The number of hydrogen-bond acceptors (Lipinski definition) is 3. The molecule has 5 heteroatoms. The van der Waals surface area contributed by atoms with Crippen molar-refractivity contribution in [1.82, 2.24) is 0 Å². The van der Waals surface area contributed by atoms with E-state index in [0.717, 1.165) is 19.3 Å². The van der Waals surface area contributed by atoms with Crippen LogP contribution in [0, 0.1) is 23.7 Å². The third-order valence-electron chi connectivity index (χ3n) is 5.65. The zero-order valence-electron chi connectivity index (χ0n) is 12.3. The number of carboxylic acid groups (broad SMARTS) is 2. The van der Waals surface area contributed by atoms with Gasteiger partial charge in [-0.1, -0.05) is 30.3 Å². The van der Waals surface area contributed by atoms with Gasteiger partial charge in [0.1, 0.15) is 5.54 Å². The Labute approximate surface area is 129 Å². The van der Waals surface area contributed by atoms with Crippen LogP contribution in [-0.2, 0) is 16.0 Å². The van der Waals surface area contributed by atoms with Crippen LogP contribution in [0.5, 0.6) is 0 Å². The molecule has 2 aliphatic carbocycles. The molecular formula is C17H21NO4. The van der Waals surface area contributed by atoms with E-state index in [2.05, 4.69) is 12.1 Å². The first-order valence-electron chi connectivity index (χ1n) is 7.73. The Hall–Kier alpha value is -1.88. The fourth-order valence-corrected chi connectivity index (χ4v) is 4.59. The molecule has 0 aliphatic heterocycles. The highest BCUT2D eigenvalue weighted by Crippen LogP contribution is 2.57. The predicted octanol–water partition coefficient (Wildman–Crippen LogP) is 1.76. The Morgan fingerprint density at radius 1 is 1.18 bits per heavy atom. The molecule has 0 heterocycles. The summed E-state index contributed by atoms with van der Waals surface area (Å²) < 4.78 is 0. The lowest BCUT2D eigenvalue weighted by Gasteiger charge is -2.38. The van der Waals surface area contributed by atoms with Crippen molar-refractivity contribution in [2.45, 2.75) is 31.2 Å². The number of fused-ring (bicyclic) bond motifs is 2. The molecule has 0 radical (unpaired) electrons. The summed E-state index contributed by atoms with van der Waals surface area (Å²) in [5.74, 6) is -3.30. The summed E-state index contributed by atoms with van der Waals surface area (Å²) in [6.07, 6.45) is 3.14. The van der Waals surface area contributed by atoms with Crippen molar-refractivity contribution in [3.8, 4) is 0 Å². The van der Waals surface area contributed by atoms with Gasteiger partial charge in [0.15, 0.2) is 0 Å². The zero-order chi connectivity index (χ0) is 15.9. The van der Waals surface area contributed by atoms with Gasteiger partial charge in [0.05, 0.1) is 5.92 Å². The molecule has 3 rings (SSSR count). The van der Waals surface area contributed by atoms with E-state index in [1.54, 1.807) is 0 Å². The van der Waals surface area contributed by atoms with Gasteiger partial charge in [-0.2, -0.15) is 0 Å². The average Bonchev–Trinajstić information content (AvgIpc) is 3.02. The number of benzene rings is 1. The molecule has 1 unspecified atom stereocenters. The van der Waals surface area contributed by atoms with Crippen molar-refractivity contribution in [3.63, 3.8) is 0 Å². The fraction of sp³-hybridized carbons (Fsp3) is 0.529. The van der Waals surface area contributed by atoms with E-state index in [1.165, 1.54) is 5.56 Å². The molecule has 2 bridgehead atoms. The minimum absolute atomic E-state index is 0.118. The van der Waals surface area contributed by atoms with Crippen LogP contribution in [0.3, 0.4) is 0 Å². The SMILES string of the molecule is N[C@]1(C(=O)O)C2C[C@H](CCc3ccccc3)[C@@H](C2)[C@@H]1C(=O)O. The highest BCUT2D eigenvalue weighted by molar-refractivity contribution is 5.88. The summed E-state index contributed by atoms with van der Waals surface area (Å²) >= 11 is 0. The first-order chi connectivity index (χ1) is 10.4. The van der Waals surface area contributed by atoms with Gasteiger partial charge in [-0.25, -0.2) is 0 Å². The molecular weight excluding hydrogens is 282 g/mol. The number of aryl methyl sites for hydroxylation is 1. The smallest absolute Gasteiger partial charge is 0.324 e. The van der Waals surface area contributed by atoms with Gasteiger partial charge >= 0.3 is 11.9 Å². The minimum atomic E-state index is -1.60. The van der Waals surface area contributed by atoms with Crippen molar-refractivity contribution >= 4 is 11.9 Å². The lowest BCUT2D eigenvalue weighted by molar-refractivity contribution is -0.159. The van der Waals surface area contributed by atoms with E-state index in [-0.39, 0.29) is 17.8 Å². The Kier molecular flexibility index (Phi) is 3.68. The van der Waals surface area contributed by atoms with E-state index in [9.17, 15) is 19.8 Å². The highest BCUT2D eigenvalue weighted by atomic mass is 16.4. The molecule has 2 fully saturated rings. The molecule has 4 N–H and O–H groups in total. The molecule has 2 aliphatic rings. The maximum absolute atomic E-state index is 11.6. The second-order valence-corrected chi connectivity index (χ2v) is 6.67. The molecule has 0 amide bonds. The largest absolute Gasteiger partial charge is 0.481 e. The first-order valence-corrected chi connectivity index (χ1v) is 7.73. The molecule has 22 heavy (non-hydrogen) atoms. The number of carbonyl (C=O) groups is 2. The Morgan fingerprint density at radius 3 is 2.45 bits per heavy atom. The standard InChI is InChI=1S/C17H21NO4/c18-17(16(21)22)12-8-11(13(9-12)14(17)15(19)20)7-6-10-4-2-1-3-5-10/h1-5,11-14H,6-9,18H2,(H,19,20)(H,21,22)/t11-,12?,13+,14+,17+/m0/s1. The quantitative estimate of drug-likeness (QED) is 0.769. The van der Waals surface area contributed by atoms with Crippen molar-refractivity contribution < 1.29 is 19.8 Å². The van der Waals surface area contributed by atoms with Gasteiger partial charge < -0.3 is 15.9 Å². The van der Waals surface area contributed by atoms with Gasteiger partial charge in [-0.3, -0.25) is 9.59 Å². The topological polar surface area (TPSA) is 101 Å². The molecule has 1 aromatic rings. The van der Waals surface area contributed by atoms with Crippen LogP contribution >= 0.6 is 0 Å². The van der Waals surface area contributed by atoms with E-state index in [4.69, 9.17) is 5.73 Å². The summed E-state index contributed by atoms with van der Waals surface area (Å²) in [5.41, 5.74) is 5.65. The molecule has 5 nitrogen and oxygen atoms in total. The summed E-state index contributed by atoms with van der Waals surface area (Å²) in [6.45, 7) is 0. The van der Waals surface area contributed by atoms with E-state index in [1.807, 2.05) is 18.2 Å². The highest BCUT2D eigenvalue weighted by Gasteiger charge is 2.66. The minimum Gasteiger partial charge on any atom is -0.481 e. The summed E-state index contributed by atoms with van der Waals surface area (Å²) in [5, 5.41) is 18.9. The Balaban J connectivity index is 1.74. The predicted molar refractivity (Wildman–Crippen MR) is 80.1 cm³/mol. The van der Waals surface area contributed by atoms with Crippen molar-refractivity contribution in [3.05, 3.63) is 35.9 Å². The van der Waals surface area contributed by atoms with Crippen LogP contribution < -0.4 is 5.73 Å². The average molecular weight is 303 g/mol. The number of nitrogens with two attached hydrogens (primary N) is 1. The summed E-state index contributed by atoms with van der Waals surface area (Å²) in [4.78, 5) is 23.1. The summed E-state index contributed by atoms with van der Waals surface area (Å²) in [6, 6.07) is 10.1. The maximum Gasteiger partial charge on any atom is 0.324 e. The van der Waals surface area contributed by atoms with Gasteiger partial charge in [0.25, 0.3) is 0 Å². The molecule has 0 saturated heterocycles. The lowest BCUT2D eigenvalue weighted by atomic mass is 9.68. The number of hydrogen-bond donors (Lipinski definition) is 3. The molecule has 0 aromatic heterocycles. The Morgan fingerprint density at radius 2 is 1.86 bits per heavy atom. The molecule has 118 valence electrons. The third-order valence-corrected chi connectivity index (χ3v) is 5.65. The van der Waals surface area contributed by atoms with Crippen molar-refractivity contribution in [2.24, 2.45) is 29.4 Å². The normalized spacial score (nSPS) is 36.4. The van der Waals surface area contributed by atoms with Crippen LogP contribution in [0.2, 0.25) is 0 Å². The second-order valence-electron chi connectivity index (χ2n) is 6.67. The maximum atomic E-state index is 11.6. The van der Waals surface area contributed by atoms with E-state index in [0.29, 0.717) is 6.42 Å². The van der Waals surface area contributed by atoms with Crippen LogP contribution in [0.25, 0.3) is 0 Å². The van der Waals surface area contributed by atoms with Crippen LogP contribution in [0.4, 0.5) is 0 Å². The summed E-state index contributed by atoms with van der Waals surface area (Å²) in [7, 11) is 0. The monoisotopic (exact) mass is 303 g/mol. The van der Waals surface area contributed by atoms with Gasteiger partial charge in [0.2, 0.25) is 0 Å². The van der Waals surface area contributed by atoms with Crippen LogP contribution in [-0.4, -0.2) is 27.7 Å². The van der Waals surface area contributed by atoms with Gasteiger partial charge in [-0.05, 0) is 49.0 Å². The van der Waals surface area contributed by atoms with Crippen molar-refractivity contribution in [1.29, 1.82) is 0 Å². The van der Waals surface area contributed by atoms with E-state index >= 15 is 0 Å². The molecule has 1 aromatic carbocycles. The van der Waals surface area contributed by atoms with Crippen LogP contribution in [0.15, 0.2) is 30.3 Å². The van der Waals surface area contributed by atoms with Crippen molar-refractivity contribution in [2.75, 3.05) is 0 Å². The zero-order valence-corrected chi connectivity index (χ0v) is 12.3. The lowest BCUT2D eigenvalue weighted by Crippen LogP contribution is -2.61. The number of rotatable bonds is 5. The molecule has 5 atom stereocenters.